The van der Waals surface area contributed by atoms with Crippen LogP contribution < -0.4 is 5.32 Å². The van der Waals surface area contributed by atoms with Crippen LogP contribution >= 0.6 is 0 Å². The zero-order chi connectivity index (χ0) is 27.8. The van der Waals surface area contributed by atoms with E-state index in [-0.39, 0.29) is 42.2 Å². The molecule has 1 aliphatic heterocycles. The third kappa shape index (κ3) is 7.17. The fraction of sp³-hybridized carbons (Fsp3) is 0.567. The van der Waals surface area contributed by atoms with E-state index < -0.39 is 6.04 Å². The first-order valence-electron chi connectivity index (χ1n) is 13.7. The van der Waals surface area contributed by atoms with E-state index in [1.807, 2.05) is 32.9 Å². The number of rotatable bonds is 11. The second-order valence-corrected chi connectivity index (χ2v) is 10.6. The van der Waals surface area contributed by atoms with E-state index in [4.69, 9.17) is 4.74 Å². The van der Waals surface area contributed by atoms with Crippen LogP contribution in [0.25, 0.3) is 0 Å². The lowest BCUT2D eigenvalue weighted by Gasteiger charge is -2.47. The number of benzene rings is 1. The Labute approximate surface area is 226 Å². The average Bonchev–Trinajstić information content (AvgIpc) is 2.90. The summed E-state index contributed by atoms with van der Waals surface area (Å²) >= 11 is 0. The number of hydrogen-bond donors (Lipinski definition) is 1. The Kier molecular flexibility index (Phi) is 10.8. The number of aryl methyl sites for hydroxylation is 2. The Bertz CT molecular complexity index is 1080. The lowest BCUT2D eigenvalue weighted by Crippen LogP contribution is -2.65. The molecule has 2 heterocycles. The normalized spacial score (nSPS) is 19.0. The largest absolute Gasteiger partial charge is 0.385 e. The zero-order valence-corrected chi connectivity index (χ0v) is 23.7. The van der Waals surface area contributed by atoms with Gasteiger partial charge in [-0.3, -0.25) is 19.5 Å². The molecule has 1 aromatic heterocycles. The molecule has 2 aromatic rings. The monoisotopic (exact) mass is 526 g/mol. The van der Waals surface area contributed by atoms with Crippen LogP contribution in [0.1, 0.15) is 69.0 Å². The topological polar surface area (TPSA) is 74.8 Å². The van der Waals surface area contributed by atoms with E-state index in [1.165, 1.54) is 5.56 Å². The number of carbonyl (C=O) groups excluding carboxylic acids is 2. The number of nitrogens with zero attached hydrogens (tertiary/aromatic N) is 3. The second kappa shape index (κ2) is 13.8. The van der Waals surface area contributed by atoms with Crippen molar-refractivity contribution in [2.75, 3.05) is 26.8 Å². The lowest BCUT2D eigenvalue weighted by molar-refractivity contribution is -0.151. The second-order valence-electron chi connectivity index (χ2n) is 10.6. The molecule has 0 spiro atoms. The van der Waals surface area contributed by atoms with Gasteiger partial charge in [-0.1, -0.05) is 51.5 Å². The molecule has 1 saturated heterocycles. The summed E-state index contributed by atoms with van der Waals surface area (Å²) in [5.74, 6) is -0.856. The van der Waals surface area contributed by atoms with Gasteiger partial charge >= 0.3 is 0 Å². The van der Waals surface area contributed by atoms with E-state index >= 15 is 4.39 Å². The van der Waals surface area contributed by atoms with Crippen molar-refractivity contribution in [2.45, 2.75) is 78.6 Å². The molecule has 2 amide bonds. The van der Waals surface area contributed by atoms with Crippen LogP contribution in [-0.4, -0.2) is 65.5 Å². The van der Waals surface area contributed by atoms with Crippen LogP contribution in [0, 0.1) is 18.7 Å². The molecule has 3 atom stereocenters. The van der Waals surface area contributed by atoms with Crippen molar-refractivity contribution in [3.05, 3.63) is 64.7 Å². The number of aromatic nitrogens is 1. The van der Waals surface area contributed by atoms with Crippen molar-refractivity contribution in [3.8, 4) is 0 Å². The quantitative estimate of drug-likeness (QED) is 0.469. The minimum Gasteiger partial charge on any atom is -0.385 e. The summed E-state index contributed by atoms with van der Waals surface area (Å²) in [6, 6.07) is 8.58. The van der Waals surface area contributed by atoms with Crippen LogP contribution in [0.5, 0.6) is 0 Å². The fourth-order valence-electron chi connectivity index (χ4n) is 5.19. The van der Waals surface area contributed by atoms with Crippen molar-refractivity contribution in [1.82, 2.24) is 20.1 Å². The Hall–Kier alpha value is -2.84. The van der Waals surface area contributed by atoms with Gasteiger partial charge in [0.15, 0.2) is 0 Å². The standard InChI is InChI=1S/C30H43FN4O3/c1-7-8-23-9-11-24(12-10-23)17-33-29(36)26-19-34(18-22(5)35(26)30(37)20(2)3)25(14-16-38-6)28-27(31)21(4)13-15-32-28/h9-13,15,20,22,25-26H,7-8,14,16-19H2,1-6H3,(H,33,36)/t22-,25-,26-/m1/s1. The molecule has 1 fully saturated rings. The lowest BCUT2D eigenvalue weighted by atomic mass is 9.97. The molecule has 38 heavy (non-hydrogen) atoms. The predicted octanol–water partition coefficient (Wildman–Crippen LogP) is 4.43. The molecule has 0 aliphatic carbocycles. The molecular weight excluding hydrogens is 483 g/mol. The Balaban J connectivity index is 1.86. The maximum atomic E-state index is 15.2. The van der Waals surface area contributed by atoms with Gasteiger partial charge in [0, 0.05) is 51.5 Å². The summed E-state index contributed by atoms with van der Waals surface area (Å²) < 4.78 is 20.5. The molecule has 8 heteroatoms. The average molecular weight is 527 g/mol. The van der Waals surface area contributed by atoms with E-state index in [1.54, 1.807) is 31.2 Å². The van der Waals surface area contributed by atoms with Gasteiger partial charge in [-0.15, -0.1) is 0 Å². The van der Waals surface area contributed by atoms with Gasteiger partial charge in [0.1, 0.15) is 11.9 Å². The Morgan fingerprint density at radius 3 is 2.47 bits per heavy atom. The number of nitrogens with one attached hydrogen (secondary N) is 1. The molecule has 7 nitrogen and oxygen atoms in total. The van der Waals surface area contributed by atoms with E-state index in [0.717, 1.165) is 18.4 Å². The first-order chi connectivity index (χ1) is 18.2. The highest BCUT2D eigenvalue weighted by atomic mass is 19.1. The maximum Gasteiger partial charge on any atom is 0.244 e. The zero-order valence-electron chi connectivity index (χ0n) is 23.7. The van der Waals surface area contributed by atoms with Gasteiger partial charge in [-0.2, -0.15) is 0 Å². The molecule has 0 bridgehead atoms. The number of piperazine rings is 1. The minimum atomic E-state index is -0.703. The Morgan fingerprint density at radius 2 is 1.84 bits per heavy atom. The van der Waals surface area contributed by atoms with E-state index in [9.17, 15) is 9.59 Å². The van der Waals surface area contributed by atoms with Crippen molar-refractivity contribution < 1.29 is 18.7 Å². The smallest absolute Gasteiger partial charge is 0.244 e. The highest BCUT2D eigenvalue weighted by molar-refractivity contribution is 5.89. The van der Waals surface area contributed by atoms with Gasteiger partial charge in [-0.05, 0) is 49.4 Å². The van der Waals surface area contributed by atoms with Crippen molar-refractivity contribution in [3.63, 3.8) is 0 Å². The number of pyridine rings is 1. The highest BCUT2D eigenvalue weighted by Crippen LogP contribution is 2.31. The van der Waals surface area contributed by atoms with Gasteiger partial charge < -0.3 is 15.0 Å². The highest BCUT2D eigenvalue weighted by Gasteiger charge is 2.42. The third-order valence-electron chi connectivity index (χ3n) is 7.26. The molecule has 0 radical (unpaired) electrons. The summed E-state index contributed by atoms with van der Waals surface area (Å²) in [5, 5.41) is 3.05. The summed E-state index contributed by atoms with van der Waals surface area (Å²) in [6.45, 7) is 11.1. The van der Waals surface area contributed by atoms with Gasteiger partial charge in [0.05, 0.1) is 11.7 Å². The van der Waals surface area contributed by atoms with Crippen molar-refractivity contribution >= 4 is 11.8 Å². The molecular formula is C30H43FN4O3. The minimum absolute atomic E-state index is 0.0606. The van der Waals surface area contributed by atoms with Crippen molar-refractivity contribution in [1.29, 1.82) is 0 Å². The molecule has 3 rings (SSSR count). The van der Waals surface area contributed by atoms with E-state index in [0.29, 0.717) is 37.4 Å². The predicted molar refractivity (Wildman–Crippen MR) is 147 cm³/mol. The first kappa shape index (κ1) is 29.7. The fourth-order valence-corrected chi connectivity index (χ4v) is 5.19. The molecule has 0 unspecified atom stereocenters. The molecule has 1 aliphatic rings. The van der Waals surface area contributed by atoms with Crippen LogP contribution in [0.15, 0.2) is 36.5 Å². The third-order valence-corrected chi connectivity index (χ3v) is 7.26. The summed E-state index contributed by atoms with van der Waals surface area (Å²) in [5.41, 5.74) is 3.15. The number of amides is 2. The van der Waals surface area contributed by atoms with Gasteiger partial charge in [-0.25, -0.2) is 4.39 Å². The maximum absolute atomic E-state index is 15.2. The molecule has 1 aromatic carbocycles. The number of hydrogen-bond acceptors (Lipinski definition) is 5. The molecule has 1 N–H and O–H groups in total. The first-order valence-corrected chi connectivity index (χ1v) is 13.7. The molecule has 0 saturated carbocycles. The van der Waals surface area contributed by atoms with Crippen molar-refractivity contribution in [2.24, 2.45) is 5.92 Å². The van der Waals surface area contributed by atoms with Crippen LogP contribution in [0.2, 0.25) is 0 Å². The number of methoxy groups -OCH3 is 1. The summed E-state index contributed by atoms with van der Waals surface area (Å²) in [4.78, 5) is 35.1. The van der Waals surface area contributed by atoms with Crippen LogP contribution in [-0.2, 0) is 27.3 Å². The Morgan fingerprint density at radius 1 is 1.16 bits per heavy atom. The summed E-state index contributed by atoms with van der Waals surface area (Å²) in [7, 11) is 1.62. The van der Waals surface area contributed by atoms with Crippen LogP contribution in [0.3, 0.4) is 0 Å². The summed E-state index contributed by atoms with van der Waals surface area (Å²) in [6.07, 6.45) is 4.24. The molecule has 208 valence electrons. The number of ether oxygens (including phenoxy) is 1. The van der Waals surface area contributed by atoms with E-state index in [2.05, 4.69) is 34.3 Å². The van der Waals surface area contributed by atoms with Gasteiger partial charge in [0.25, 0.3) is 0 Å². The number of halogens is 1. The van der Waals surface area contributed by atoms with Gasteiger partial charge in [0.2, 0.25) is 11.8 Å². The number of carbonyl (C=O) groups is 2. The van der Waals surface area contributed by atoms with Crippen LogP contribution in [0.4, 0.5) is 4.39 Å². The SMILES string of the molecule is CCCc1ccc(CNC(=O)[C@H]2CN([C@H](CCOC)c3nccc(C)c3F)C[C@@H](C)N2C(=O)C(C)C)cc1.